The summed E-state index contributed by atoms with van der Waals surface area (Å²) in [5.41, 5.74) is 5.89. The van der Waals surface area contributed by atoms with Crippen LogP contribution < -0.4 is 0 Å². The Bertz CT molecular complexity index is 2880. The van der Waals surface area contributed by atoms with E-state index in [1.807, 2.05) is 18.2 Å². The third kappa shape index (κ3) is 15.9. The quantitative estimate of drug-likeness (QED) is 0.0253. The zero-order valence-electron chi connectivity index (χ0n) is 43.4. The van der Waals surface area contributed by atoms with E-state index in [2.05, 4.69) is 130 Å². The second-order valence-electron chi connectivity index (χ2n) is 18.1. The van der Waals surface area contributed by atoms with Crippen molar-refractivity contribution < 1.29 is 66.9 Å². The van der Waals surface area contributed by atoms with Gasteiger partial charge >= 0.3 is 23.3 Å². The van der Waals surface area contributed by atoms with E-state index in [1.54, 1.807) is 56.1 Å². The normalized spacial score (nSPS) is 12.3. The van der Waals surface area contributed by atoms with E-state index in [4.69, 9.17) is 0 Å². The van der Waals surface area contributed by atoms with Crippen molar-refractivity contribution in [1.29, 1.82) is 0 Å². The van der Waals surface area contributed by atoms with Gasteiger partial charge in [0, 0.05) is 46.1 Å². The van der Waals surface area contributed by atoms with Crippen molar-refractivity contribution in [3.8, 4) is 0 Å². The molecular formula is C58H57F9O6S5. The van der Waals surface area contributed by atoms with Crippen LogP contribution >= 0.6 is 35.3 Å². The largest absolute Gasteiger partial charge is 0.743 e. The standard InChI is InChI=1S/C54H57O3S4.C4HF9O3S/c1-7-10-13-40-34-46(22-31-52(40)37(4)55)58-43-16-25-49(26-17-43)61(50-27-18-44(19-28-50)59-47-23-32-53(38(5)56)41(35-47)14-11-8-2)51-29-20-45(21-30-51)60-48-24-33-54(39(6)57)42(36-48)15-12-9-3;5-1(6,3(9,10)11)2(7,8)4(12,13)17(14,15)16/h16-36H,7-15H2,1-6H3;(H,14,15,16)/q+1;/p-1. The van der Waals surface area contributed by atoms with Crippen LogP contribution in [0.3, 0.4) is 0 Å². The lowest BCUT2D eigenvalue weighted by atomic mass is 10.00. The molecule has 0 aliphatic rings. The summed E-state index contributed by atoms with van der Waals surface area (Å²) >= 11 is 5.21. The Balaban J connectivity index is 0.000000566. The Morgan fingerprint density at radius 3 is 0.910 bits per heavy atom. The first kappa shape index (κ1) is 63.8. The minimum Gasteiger partial charge on any atom is -0.743 e. The molecule has 6 aromatic carbocycles. The van der Waals surface area contributed by atoms with Crippen LogP contribution in [0.4, 0.5) is 39.5 Å². The SMILES string of the molecule is CCCCc1cc(Sc2ccc([S+](c3ccc(Sc4ccc(C(C)=O)c(CCCC)c4)cc3)c3ccc(Sc4ccc(C(C)=O)c(CCCC)c4)cc3)cc2)ccc1C(C)=O.O=S(=O)([O-])C(F)(F)C(F)(F)C(F)(F)C(F)(F)F. The predicted molar refractivity (Wildman–Crippen MR) is 290 cm³/mol. The van der Waals surface area contributed by atoms with Crippen molar-refractivity contribution in [2.75, 3.05) is 0 Å². The summed E-state index contributed by atoms with van der Waals surface area (Å²) in [4.78, 5) is 47.7. The van der Waals surface area contributed by atoms with Crippen LogP contribution in [0.5, 0.6) is 0 Å². The minimum absolute atomic E-state index is 0.122. The number of carbonyl (C=O) groups is 3. The molecule has 0 N–H and O–H groups in total. The third-order valence-electron chi connectivity index (χ3n) is 12.1. The second-order valence-corrected chi connectivity index (χ2v) is 25.0. The number of unbranched alkanes of at least 4 members (excludes halogenated alkanes) is 3. The zero-order valence-corrected chi connectivity index (χ0v) is 47.5. The summed E-state index contributed by atoms with van der Waals surface area (Å²) in [6.45, 7) is 11.5. The average Bonchev–Trinajstić information content (AvgIpc) is 3.58. The summed E-state index contributed by atoms with van der Waals surface area (Å²) < 4.78 is 135. The van der Waals surface area contributed by atoms with E-state index in [0.717, 1.165) is 121 Å². The monoisotopic (exact) mass is 1180 g/mol. The van der Waals surface area contributed by atoms with Gasteiger partial charge in [-0.3, -0.25) is 14.4 Å². The number of alkyl halides is 9. The number of carbonyl (C=O) groups excluding carboxylic acids is 3. The Morgan fingerprint density at radius 1 is 0.436 bits per heavy atom. The van der Waals surface area contributed by atoms with E-state index in [-0.39, 0.29) is 28.2 Å². The van der Waals surface area contributed by atoms with Gasteiger partial charge in [-0.15, -0.1) is 0 Å². The van der Waals surface area contributed by atoms with Gasteiger partial charge in [0.1, 0.15) is 0 Å². The molecule has 0 unspecified atom stereocenters. The highest BCUT2D eigenvalue weighted by Crippen LogP contribution is 2.54. The van der Waals surface area contributed by atoms with Crippen LogP contribution in [0.25, 0.3) is 0 Å². The van der Waals surface area contributed by atoms with Crippen molar-refractivity contribution in [2.45, 2.75) is 167 Å². The summed E-state index contributed by atoms with van der Waals surface area (Å²) in [5.74, 6) is -14.5. The fourth-order valence-corrected chi connectivity index (χ4v) is 13.0. The maximum atomic E-state index is 12.4. The Labute approximate surface area is 465 Å². The van der Waals surface area contributed by atoms with Crippen molar-refractivity contribution >= 4 is 73.6 Å². The molecule has 0 amide bonds. The minimum atomic E-state index is -7.43. The van der Waals surface area contributed by atoms with Crippen molar-refractivity contribution in [3.63, 3.8) is 0 Å². The molecule has 0 saturated heterocycles. The molecule has 0 aliphatic heterocycles. The second kappa shape index (κ2) is 27.5. The van der Waals surface area contributed by atoms with Gasteiger partial charge in [-0.25, -0.2) is 8.42 Å². The van der Waals surface area contributed by atoms with Crippen LogP contribution in [-0.4, -0.2) is 53.6 Å². The molecule has 6 rings (SSSR count). The number of rotatable bonds is 24. The Hall–Kier alpha value is -4.99. The smallest absolute Gasteiger partial charge is 0.460 e. The van der Waals surface area contributed by atoms with Crippen LogP contribution in [0.15, 0.2) is 171 Å². The van der Waals surface area contributed by atoms with E-state index in [1.165, 1.54) is 14.7 Å². The van der Waals surface area contributed by atoms with Crippen LogP contribution in [-0.2, 0) is 40.3 Å². The summed E-state index contributed by atoms with van der Waals surface area (Å²) in [7, 11) is -7.78. The molecule has 0 aromatic heterocycles. The molecule has 78 heavy (non-hydrogen) atoms. The molecule has 20 heteroatoms. The zero-order chi connectivity index (χ0) is 57.8. The maximum Gasteiger partial charge on any atom is 0.460 e. The number of aryl methyl sites for hydroxylation is 3. The van der Waals surface area contributed by atoms with E-state index in [9.17, 15) is 66.9 Å². The van der Waals surface area contributed by atoms with Crippen molar-refractivity contribution in [3.05, 3.63) is 161 Å². The molecule has 0 aliphatic carbocycles. The highest BCUT2D eigenvalue weighted by atomic mass is 32.2. The maximum absolute atomic E-state index is 12.4. The molecule has 0 spiro atoms. The van der Waals surface area contributed by atoms with Gasteiger partial charge in [0.15, 0.2) is 42.2 Å². The van der Waals surface area contributed by atoms with Crippen LogP contribution in [0.2, 0.25) is 0 Å². The Morgan fingerprint density at radius 2 is 0.692 bits per heavy atom. The number of hydrogen-bond acceptors (Lipinski definition) is 9. The molecule has 0 fully saturated rings. The molecule has 0 radical (unpaired) electrons. The lowest BCUT2D eigenvalue weighted by molar-refractivity contribution is -0.382. The molecule has 418 valence electrons. The number of Topliss-reactive ketones (excluding diaryl/α,β-unsaturated/α-hetero) is 3. The molecule has 0 bridgehead atoms. The summed E-state index contributed by atoms with van der Waals surface area (Å²) in [6.07, 6.45) is 2.03. The van der Waals surface area contributed by atoms with Gasteiger partial charge < -0.3 is 4.55 Å². The van der Waals surface area contributed by atoms with E-state index < -0.39 is 33.4 Å². The van der Waals surface area contributed by atoms with Gasteiger partial charge in [0.05, 0.1) is 10.9 Å². The predicted octanol–water partition coefficient (Wildman–Crippen LogP) is 17.8. The number of ketones is 3. The first-order valence-corrected chi connectivity index (χ1v) is 29.8. The third-order valence-corrected chi connectivity index (χ3v) is 18.2. The molecule has 0 atom stereocenters. The fourth-order valence-electron chi connectivity index (χ4n) is 7.92. The van der Waals surface area contributed by atoms with Gasteiger partial charge in [-0.1, -0.05) is 93.5 Å². The number of hydrogen-bond donors (Lipinski definition) is 0. The lowest BCUT2D eigenvalue weighted by Gasteiger charge is -2.34. The lowest BCUT2D eigenvalue weighted by Crippen LogP contribution is -2.63. The molecule has 0 saturated carbocycles. The van der Waals surface area contributed by atoms with Crippen LogP contribution in [0, 0.1) is 0 Å². The first-order chi connectivity index (χ1) is 36.6. The van der Waals surface area contributed by atoms with Gasteiger partial charge in [-0.2, -0.15) is 39.5 Å². The van der Waals surface area contributed by atoms with Crippen LogP contribution in [0.1, 0.15) is 128 Å². The molecule has 0 heterocycles. The highest BCUT2D eigenvalue weighted by Gasteiger charge is 2.83. The topological polar surface area (TPSA) is 108 Å². The average molecular weight is 1180 g/mol. The number of halogens is 9. The van der Waals surface area contributed by atoms with Crippen molar-refractivity contribution in [2.24, 2.45) is 0 Å². The molecular weight excluding hydrogens is 1120 g/mol. The van der Waals surface area contributed by atoms with Crippen molar-refractivity contribution in [1.82, 2.24) is 0 Å². The first-order valence-electron chi connectivity index (χ1n) is 24.7. The number of benzene rings is 6. The molecule has 6 aromatic rings. The Kier molecular flexibility index (Phi) is 22.5. The summed E-state index contributed by atoms with van der Waals surface area (Å²) in [6, 6.07) is 45.7. The van der Waals surface area contributed by atoms with E-state index in [0.29, 0.717) is 0 Å². The van der Waals surface area contributed by atoms with Gasteiger partial charge in [-0.05, 0) is 185 Å². The van der Waals surface area contributed by atoms with Gasteiger partial charge in [0.2, 0.25) is 0 Å². The summed E-state index contributed by atoms with van der Waals surface area (Å²) in [5, 5.41) is -7.11. The van der Waals surface area contributed by atoms with Gasteiger partial charge in [0.25, 0.3) is 0 Å². The fraction of sp³-hybridized carbons (Fsp3) is 0.328. The van der Waals surface area contributed by atoms with E-state index >= 15 is 0 Å². The molecule has 6 nitrogen and oxygen atoms in total. The highest BCUT2D eigenvalue weighted by molar-refractivity contribution is 8.00.